The van der Waals surface area contributed by atoms with Gasteiger partial charge in [-0.05, 0) is 44.4 Å². The minimum atomic E-state index is -0.601. The SMILES string of the molecule is C=C(C)CN(CC)C(=O)COC(=O)C1(c2ccc(Cl)cc2)CC1. The van der Waals surface area contributed by atoms with E-state index >= 15 is 0 Å². The van der Waals surface area contributed by atoms with Crippen molar-refractivity contribution in [2.75, 3.05) is 19.7 Å². The van der Waals surface area contributed by atoms with Crippen LogP contribution in [0.5, 0.6) is 0 Å². The van der Waals surface area contributed by atoms with Gasteiger partial charge in [-0.25, -0.2) is 0 Å². The summed E-state index contributed by atoms with van der Waals surface area (Å²) >= 11 is 5.88. The van der Waals surface area contributed by atoms with Crippen molar-refractivity contribution in [3.8, 4) is 0 Å². The molecule has 0 unspecified atom stereocenters. The summed E-state index contributed by atoms with van der Waals surface area (Å²) in [7, 11) is 0. The molecule has 0 heterocycles. The first-order valence-corrected chi connectivity index (χ1v) is 8.12. The lowest BCUT2D eigenvalue weighted by molar-refractivity contribution is -0.154. The van der Waals surface area contributed by atoms with Gasteiger partial charge < -0.3 is 9.64 Å². The molecule has 0 aromatic heterocycles. The van der Waals surface area contributed by atoms with E-state index in [1.54, 1.807) is 17.0 Å². The predicted octanol–water partition coefficient (Wildman–Crippen LogP) is 3.34. The Morgan fingerprint density at radius 2 is 1.91 bits per heavy atom. The topological polar surface area (TPSA) is 46.6 Å². The molecule has 5 heteroatoms. The Morgan fingerprint density at radius 3 is 2.39 bits per heavy atom. The number of esters is 1. The molecule has 2 rings (SSSR count). The van der Waals surface area contributed by atoms with Crippen molar-refractivity contribution in [2.45, 2.75) is 32.1 Å². The lowest BCUT2D eigenvalue weighted by Gasteiger charge is -2.21. The normalized spacial score (nSPS) is 14.9. The summed E-state index contributed by atoms with van der Waals surface area (Å²) in [6, 6.07) is 7.22. The first-order valence-electron chi connectivity index (χ1n) is 7.74. The molecule has 1 fully saturated rings. The third-order valence-electron chi connectivity index (χ3n) is 4.06. The molecular formula is C18H22ClNO3. The van der Waals surface area contributed by atoms with Crippen molar-refractivity contribution in [3.63, 3.8) is 0 Å². The zero-order valence-corrected chi connectivity index (χ0v) is 14.4. The monoisotopic (exact) mass is 335 g/mol. The number of rotatable bonds is 7. The molecule has 4 nitrogen and oxygen atoms in total. The minimum Gasteiger partial charge on any atom is -0.455 e. The average molecular weight is 336 g/mol. The highest BCUT2D eigenvalue weighted by molar-refractivity contribution is 6.30. The van der Waals surface area contributed by atoms with Crippen molar-refractivity contribution in [1.82, 2.24) is 4.90 Å². The van der Waals surface area contributed by atoms with E-state index in [-0.39, 0.29) is 18.5 Å². The van der Waals surface area contributed by atoms with Crippen LogP contribution >= 0.6 is 11.6 Å². The van der Waals surface area contributed by atoms with E-state index in [1.807, 2.05) is 26.0 Å². The van der Waals surface area contributed by atoms with Crippen molar-refractivity contribution >= 4 is 23.5 Å². The number of carbonyl (C=O) groups is 2. The number of likely N-dealkylation sites (N-methyl/N-ethyl adjacent to an activating group) is 1. The summed E-state index contributed by atoms with van der Waals surface area (Å²) in [5.41, 5.74) is 1.19. The van der Waals surface area contributed by atoms with Crippen molar-refractivity contribution < 1.29 is 14.3 Å². The minimum absolute atomic E-state index is 0.198. The molecule has 1 aromatic carbocycles. The van der Waals surface area contributed by atoms with Crippen LogP contribution in [0.4, 0.5) is 0 Å². The fourth-order valence-corrected chi connectivity index (χ4v) is 2.69. The predicted molar refractivity (Wildman–Crippen MR) is 90.4 cm³/mol. The quantitative estimate of drug-likeness (QED) is 0.567. The van der Waals surface area contributed by atoms with E-state index in [9.17, 15) is 9.59 Å². The Morgan fingerprint density at radius 1 is 1.30 bits per heavy atom. The summed E-state index contributed by atoms with van der Waals surface area (Å²) < 4.78 is 5.29. The zero-order chi connectivity index (χ0) is 17.0. The molecule has 1 amide bonds. The van der Waals surface area contributed by atoms with Gasteiger partial charge in [0.2, 0.25) is 0 Å². The van der Waals surface area contributed by atoms with Crippen LogP contribution in [0, 0.1) is 0 Å². The largest absolute Gasteiger partial charge is 0.455 e. The number of ether oxygens (including phenoxy) is 1. The van der Waals surface area contributed by atoms with E-state index in [0.717, 1.165) is 24.0 Å². The van der Waals surface area contributed by atoms with Crippen LogP contribution in [-0.2, 0) is 19.7 Å². The third-order valence-corrected chi connectivity index (χ3v) is 4.31. The maximum absolute atomic E-state index is 12.4. The first-order chi connectivity index (χ1) is 10.9. The molecule has 1 saturated carbocycles. The second-order valence-electron chi connectivity index (χ2n) is 6.03. The number of hydrogen-bond donors (Lipinski definition) is 0. The van der Waals surface area contributed by atoms with E-state index in [0.29, 0.717) is 18.1 Å². The highest BCUT2D eigenvalue weighted by Gasteiger charge is 2.52. The van der Waals surface area contributed by atoms with Crippen LogP contribution in [0.2, 0.25) is 5.02 Å². The molecule has 1 aliphatic rings. The van der Waals surface area contributed by atoms with Gasteiger partial charge >= 0.3 is 5.97 Å². The Kier molecular flexibility index (Phi) is 5.47. The van der Waals surface area contributed by atoms with Gasteiger partial charge in [0.05, 0.1) is 5.41 Å². The van der Waals surface area contributed by atoms with Gasteiger partial charge in [0.15, 0.2) is 6.61 Å². The van der Waals surface area contributed by atoms with Gasteiger partial charge in [0, 0.05) is 18.1 Å². The van der Waals surface area contributed by atoms with Crippen LogP contribution in [0.25, 0.3) is 0 Å². The highest BCUT2D eigenvalue weighted by Crippen LogP contribution is 2.49. The molecule has 0 N–H and O–H groups in total. The van der Waals surface area contributed by atoms with Gasteiger partial charge in [-0.15, -0.1) is 0 Å². The second-order valence-corrected chi connectivity index (χ2v) is 6.47. The van der Waals surface area contributed by atoms with Gasteiger partial charge in [-0.3, -0.25) is 9.59 Å². The van der Waals surface area contributed by atoms with E-state index in [4.69, 9.17) is 16.3 Å². The van der Waals surface area contributed by atoms with Gasteiger partial charge in [-0.2, -0.15) is 0 Å². The highest BCUT2D eigenvalue weighted by atomic mass is 35.5. The summed E-state index contributed by atoms with van der Waals surface area (Å²) in [5.74, 6) is -0.532. The summed E-state index contributed by atoms with van der Waals surface area (Å²) in [6.07, 6.45) is 1.48. The Hall–Kier alpha value is -1.81. The van der Waals surface area contributed by atoms with E-state index < -0.39 is 5.41 Å². The van der Waals surface area contributed by atoms with Crippen LogP contribution in [-0.4, -0.2) is 36.5 Å². The molecule has 124 valence electrons. The summed E-state index contributed by atoms with van der Waals surface area (Å²) in [4.78, 5) is 26.2. The number of carbonyl (C=O) groups excluding carboxylic acids is 2. The fourth-order valence-electron chi connectivity index (χ4n) is 2.56. The second kappa shape index (κ2) is 7.18. The number of nitrogens with zero attached hydrogens (tertiary/aromatic N) is 1. The standard InChI is InChI=1S/C18H22ClNO3/c1-4-20(11-13(2)3)16(21)12-23-17(22)18(9-10-18)14-5-7-15(19)8-6-14/h5-8H,2,4,9-12H2,1,3H3. The van der Waals surface area contributed by atoms with Gasteiger partial charge in [0.1, 0.15) is 0 Å². The van der Waals surface area contributed by atoms with Crippen LogP contribution in [0.15, 0.2) is 36.4 Å². The van der Waals surface area contributed by atoms with Crippen LogP contribution in [0.3, 0.4) is 0 Å². The van der Waals surface area contributed by atoms with Gasteiger partial charge in [0.25, 0.3) is 5.91 Å². The third kappa shape index (κ3) is 4.14. The molecule has 0 spiro atoms. The lowest BCUT2D eigenvalue weighted by Crippen LogP contribution is -2.37. The molecule has 23 heavy (non-hydrogen) atoms. The molecular weight excluding hydrogens is 314 g/mol. The number of benzene rings is 1. The van der Waals surface area contributed by atoms with Crippen LogP contribution in [0.1, 0.15) is 32.3 Å². The molecule has 0 bridgehead atoms. The smallest absolute Gasteiger partial charge is 0.317 e. The lowest BCUT2D eigenvalue weighted by atomic mass is 9.96. The number of halogens is 1. The number of amides is 1. The molecule has 1 aliphatic carbocycles. The average Bonchev–Trinajstić information content (AvgIpc) is 3.32. The van der Waals surface area contributed by atoms with E-state index in [2.05, 4.69) is 6.58 Å². The van der Waals surface area contributed by atoms with Crippen molar-refractivity contribution in [1.29, 1.82) is 0 Å². The Balaban J connectivity index is 1.95. The molecule has 0 aliphatic heterocycles. The number of hydrogen-bond acceptors (Lipinski definition) is 3. The van der Waals surface area contributed by atoms with Crippen LogP contribution < -0.4 is 0 Å². The maximum atomic E-state index is 12.4. The molecule has 0 radical (unpaired) electrons. The molecule has 1 aromatic rings. The zero-order valence-electron chi connectivity index (χ0n) is 13.6. The Bertz CT molecular complexity index is 605. The molecule has 0 atom stereocenters. The van der Waals surface area contributed by atoms with Crippen molar-refractivity contribution in [3.05, 3.63) is 47.0 Å². The fraction of sp³-hybridized carbons (Fsp3) is 0.444. The maximum Gasteiger partial charge on any atom is 0.317 e. The van der Waals surface area contributed by atoms with E-state index in [1.165, 1.54) is 0 Å². The first kappa shape index (κ1) is 17.5. The Labute approximate surface area is 142 Å². The summed E-state index contributed by atoms with van der Waals surface area (Å²) in [6.45, 7) is 8.37. The molecule has 0 saturated heterocycles. The summed E-state index contributed by atoms with van der Waals surface area (Å²) in [5, 5.41) is 0.631. The van der Waals surface area contributed by atoms with Gasteiger partial charge in [-0.1, -0.05) is 35.9 Å². The van der Waals surface area contributed by atoms with Crippen molar-refractivity contribution in [2.24, 2.45) is 0 Å².